The highest BCUT2D eigenvalue weighted by molar-refractivity contribution is 5.57. The van der Waals surface area contributed by atoms with Crippen LogP contribution < -0.4 is 4.74 Å². The van der Waals surface area contributed by atoms with Gasteiger partial charge in [-0.25, -0.2) is 0 Å². The third-order valence-electron chi connectivity index (χ3n) is 2.63. The van der Waals surface area contributed by atoms with Gasteiger partial charge in [-0.2, -0.15) is 18.2 Å². The van der Waals surface area contributed by atoms with Gasteiger partial charge in [-0.3, -0.25) is 4.98 Å². The molecule has 22 heavy (non-hydrogen) atoms. The van der Waals surface area contributed by atoms with E-state index in [1.807, 2.05) is 0 Å². The largest absolute Gasteiger partial charge is 0.471 e. The normalized spacial score (nSPS) is 11.4. The zero-order chi connectivity index (χ0) is 15.6. The van der Waals surface area contributed by atoms with E-state index >= 15 is 0 Å². The number of hydrogen-bond donors (Lipinski definition) is 0. The second kappa shape index (κ2) is 5.47. The summed E-state index contributed by atoms with van der Waals surface area (Å²) in [5, 5.41) is 3.33. The minimum atomic E-state index is -4.67. The number of hydrogen-bond acceptors (Lipinski definition) is 5. The van der Waals surface area contributed by atoms with Gasteiger partial charge in [0.1, 0.15) is 11.5 Å². The molecule has 0 atom stereocenters. The van der Waals surface area contributed by atoms with Gasteiger partial charge in [0.25, 0.3) is 0 Å². The molecule has 0 fully saturated rings. The number of aromatic nitrogens is 3. The molecule has 3 aromatic rings. The average Bonchev–Trinajstić information content (AvgIpc) is 2.99. The van der Waals surface area contributed by atoms with Crippen LogP contribution in [0.25, 0.3) is 11.4 Å². The maximum atomic E-state index is 12.5. The molecule has 2 aromatic heterocycles. The molecular formula is C14H8F3N3O2. The van der Waals surface area contributed by atoms with Gasteiger partial charge >= 0.3 is 12.1 Å². The van der Waals surface area contributed by atoms with Crippen LogP contribution in [0.3, 0.4) is 0 Å². The monoisotopic (exact) mass is 307 g/mol. The van der Waals surface area contributed by atoms with Crippen molar-refractivity contribution >= 4 is 0 Å². The molecule has 0 amide bonds. The summed E-state index contributed by atoms with van der Waals surface area (Å²) in [6.07, 6.45) is -1.56. The zero-order valence-corrected chi connectivity index (χ0v) is 10.9. The zero-order valence-electron chi connectivity index (χ0n) is 10.9. The number of ether oxygens (including phenoxy) is 1. The highest BCUT2D eigenvalue weighted by atomic mass is 19.4. The molecule has 5 nitrogen and oxygen atoms in total. The number of pyridine rings is 1. The highest BCUT2D eigenvalue weighted by Gasteiger charge is 2.38. The third-order valence-corrected chi connectivity index (χ3v) is 2.63. The van der Waals surface area contributed by atoms with Gasteiger partial charge in [-0.15, -0.1) is 0 Å². The van der Waals surface area contributed by atoms with Crippen molar-refractivity contribution < 1.29 is 22.4 Å². The molecule has 0 radical (unpaired) electrons. The third kappa shape index (κ3) is 3.05. The smallest absolute Gasteiger partial charge is 0.456 e. The first kappa shape index (κ1) is 14.1. The fourth-order valence-corrected chi connectivity index (χ4v) is 1.70. The molecule has 0 aliphatic carbocycles. The van der Waals surface area contributed by atoms with Crippen LogP contribution in [0.1, 0.15) is 5.89 Å². The van der Waals surface area contributed by atoms with Crippen LogP contribution in [-0.2, 0) is 6.18 Å². The molecule has 0 saturated carbocycles. The Bertz CT molecular complexity index is 772. The van der Waals surface area contributed by atoms with Crippen molar-refractivity contribution in [2.24, 2.45) is 0 Å². The van der Waals surface area contributed by atoms with E-state index in [1.54, 1.807) is 36.5 Å². The molecular weight excluding hydrogens is 299 g/mol. The lowest BCUT2D eigenvalue weighted by Gasteiger charge is -2.05. The molecule has 0 N–H and O–H groups in total. The quantitative estimate of drug-likeness (QED) is 0.733. The van der Waals surface area contributed by atoms with Gasteiger partial charge in [0, 0.05) is 11.8 Å². The summed E-state index contributed by atoms with van der Waals surface area (Å²) < 4.78 is 47.1. The van der Waals surface area contributed by atoms with Crippen molar-refractivity contribution in [1.29, 1.82) is 0 Å². The summed E-state index contributed by atoms with van der Waals surface area (Å²) in [6.45, 7) is 0. The fourth-order valence-electron chi connectivity index (χ4n) is 1.70. The van der Waals surface area contributed by atoms with Crippen LogP contribution in [-0.4, -0.2) is 15.1 Å². The molecule has 1 aromatic carbocycles. The molecule has 8 heteroatoms. The lowest BCUT2D eigenvalue weighted by atomic mass is 10.2. The number of rotatable bonds is 3. The van der Waals surface area contributed by atoms with Crippen molar-refractivity contribution in [1.82, 2.24) is 15.1 Å². The van der Waals surface area contributed by atoms with Crippen molar-refractivity contribution in [3.05, 3.63) is 54.7 Å². The molecule has 0 aliphatic rings. The first-order chi connectivity index (χ1) is 10.5. The Balaban J connectivity index is 1.86. The van der Waals surface area contributed by atoms with Crippen LogP contribution >= 0.6 is 0 Å². The van der Waals surface area contributed by atoms with Crippen LogP contribution in [0.2, 0.25) is 0 Å². The van der Waals surface area contributed by atoms with Gasteiger partial charge in [0.15, 0.2) is 0 Å². The van der Waals surface area contributed by atoms with Crippen molar-refractivity contribution in [3.63, 3.8) is 0 Å². The summed E-state index contributed by atoms with van der Waals surface area (Å²) in [6, 6.07) is 9.74. The minimum absolute atomic E-state index is 0.163. The molecule has 0 spiro atoms. The Labute approximate surface area is 122 Å². The summed E-state index contributed by atoms with van der Waals surface area (Å²) >= 11 is 0. The number of nitrogens with zero attached hydrogens (tertiary/aromatic N) is 3. The van der Waals surface area contributed by atoms with E-state index in [2.05, 4.69) is 19.6 Å². The molecule has 0 saturated heterocycles. The van der Waals surface area contributed by atoms with Crippen LogP contribution in [0.5, 0.6) is 11.5 Å². The van der Waals surface area contributed by atoms with Crippen LogP contribution in [0.15, 0.2) is 53.3 Å². The van der Waals surface area contributed by atoms with E-state index in [0.717, 1.165) is 0 Å². The summed E-state index contributed by atoms with van der Waals surface area (Å²) in [5.74, 6) is -0.627. The first-order valence-electron chi connectivity index (χ1n) is 6.11. The molecule has 0 unspecified atom stereocenters. The maximum absolute atomic E-state index is 12.5. The van der Waals surface area contributed by atoms with Crippen molar-refractivity contribution in [2.75, 3.05) is 0 Å². The molecule has 0 aliphatic heterocycles. The second-order valence-electron chi connectivity index (χ2n) is 4.24. The lowest BCUT2D eigenvalue weighted by Crippen LogP contribution is -2.04. The van der Waals surface area contributed by atoms with Crippen molar-refractivity contribution in [3.8, 4) is 22.9 Å². The lowest BCUT2D eigenvalue weighted by molar-refractivity contribution is -0.159. The van der Waals surface area contributed by atoms with Gasteiger partial charge in [-0.05, 0) is 24.3 Å². The van der Waals surface area contributed by atoms with Crippen LogP contribution in [0, 0.1) is 0 Å². The van der Waals surface area contributed by atoms with E-state index < -0.39 is 12.1 Å². The number of benzene rings is 1. The molecule has 3 rings (SSSR count). The van der Waals surface area contributed by atoms with E-state index in [9.17, 15) is 13.2 Å². The maximum Gasteiger partial charge on any atom is 0.471 e. The first-order valence-corrected chi connectivity index (χ1v) is 6.11. The SMILES string of the molecule is FC(F)(F)c1nc(-c2cccc(Oc3cccnc3)c2)no1. The Morgan fingerprint density at radius 2 is 1.86 bits per heavy atom. The van der Waals surface area contributed by atoms with E-state index in [1.165, 1.54) is 12.3 Å². The number of alkyl halides is 3. The molecule has 2 heterocycles. The van der Waals surface area contributed by atoms with Gasteiger partial charge in [0.2, 0.25) is 5.82 Å². The number of halogens is 3. The summed E-state index contributed by atoms with van der Waals surface area (Å²) in [5.41, 5.74) is 0.348. The van der Waals surface area contributed by atoms with Gasteiger partial charge < -0.3 is 9.26 Å². The molecule has 112 valence electrons. The minimum Gasteiger partial charge on any atom is -0.456 e. The van der Waals surface area contributed by atoms with Gasteiger partial charge in [-0.1, -0.05) is 17.3 Å². The van der Waals surface area contributed by atoms with Crippen molar-refractivity contribution in [2.45, 2.75) is 6.18 Å². The highest BCUT2D eigenvalue weighted by Crippen LogP contribution is 2.30. The summed E-state index contributed by atoms with van der Waals surface area (Å²) in [4.78, 5) is 7.23. The fraction of sp³-hybridized carbons (Fsp3) is 0.0714. The Morgan fingerprint density at radius 3 is 2.55 bits per heavy atom. The van der Waals surface area contributed by atoms with E-state index in [0.29, 0.717) is 17.1 Å². The Morgan fingerprint density at radius 1 is 1.05 bits per heavy atom. The van der Waals surface area contributed by atoms with E-state index in [4.69, 9.17) is 4.74 Å². The average molecular weight is 307 g/mol. The Kier molecular flexibility index (Phi) is 3.50. The second-order valence-corrected chi connectivity index (χ2v) is 4.24. The summed E-state index contributed by atoms with van der Waals surface area (Å²) in [7, 11) is 0. The predicted octanol–water partition coefficient (Wildman–Crippen LogP) is 3.94. The van der Waals surface area contributed by atoms with Crippen LogP contribution in [0.4, 0.5) is 13.2 Å². The van der Waals surface area contributed by atoms with E-state index in [-0.39, 0.29) is 5.82 Å². The molecule has 0 bridgehead atoms. The topological polar surface area (TPSA) is 61.0 Å². The predicted molar refractivity (Wildman–Crippen MR) is 69.0 cm³/mol. The Hall–Kier alpha value is -2.90. The standard InChI is InChI=1S/C14H8F3N3O2/c15-14(16,17)13-19-12(20-22-13)9-3-1-4-10(7-9)21-11-5-2-6-18-8-11/h1-8H. The van der Waals surface area contributed by atoms with Gasteiger partial charge in [0.05, 0.1) is 6.20 Å².